The van der Waals surface area contributed by atoms with E-state index in [0.717, 1.165) is 6.08 Å². The molecule has 3 rings (SSSR count). The van der Waals surface area contributed by atoms with Crippen molar-refractivity contribution in [3.63, 3.8) is 0 Å². The van der Waals surface area contributed by atoms with Gasteiger partial charge in [0.1, 0.15) is 11.5 Å². The highest BCUT2D eigenvalue weighted by atomic mass is 16.4. The molecule has 6 nitrogen and oxygen atoms in total. The Hall–Kier alpha value is -4.71. The monoisotopic (exact) mass is 440 g/mol. The Bertz CT molecular complexity index is 1280. The Morgan fingerprint density at radius 2 is 1.00 bits per heavy atom. The van der Waals surface area contributed by atoms with Crippen LogP contribution in [0.1, 0.15) is 27.0 Å². The van der Waals surface area contributed by atoms with E-state index in [1.165, 1.54) is 60.7 Å². The zero-order valence-corrected chi connectivity index (χ0v) is 17.5. The highest BCUT2D eigenvalue weighted by Crippen LogP contribution is 2.24. The number of allylic oxidation sites excluding steroid dienone is 3. The number of phenols is 2. The van der Waals surface area contributed by atoms with Gasteiger partial charge in [0.2, 0.25) is 0 Å². The number of carbonyl (C=O) groups is 3. The van der Waals surface area contributed by atoms with E-state index in [4.69, 9.17) is 0 Å². The molecule has 3 aromatic carbocycles. The molecule has 0 spiro atoms. The average molecular weight is 440 g/mol. The Labute approximate surface area is 190 Å². The van der Waals surface area contributed by atoms with E-state index in [1.54, 1.807) is 12.1 Å². The quantitative estimate of drug-likeness (QED) is 0.344. The first-order valence-electron chi connectivity index (χ1n) is 9.78. The normalized spacial score (nSPS) is 11.0. The number of benzene rings is 3. The number of aliphatic carboxylic acids is 1. The smallest absolute Gasteiger partial charge is 0.336 e. The topological polar surface area (TPSA) is 112 Å². The summed E-state index contributed by atoms with van der Waals surface area (Å²) in [5.41, 5.74) is 1.57. The summed E-state index contributed by atoms with van der Waals surface area (Å²) < 4.78 is 0. The number of aromatic hydroxyl groups is 2. The van der Waals surface area contributed by atoms with Gasteiger partial charge in [-0.25, -0.2) is 4.79 Å². The van der Waals surface area contributed by atoms with Crippen LogP contribution >= 0.6 is 0 Å². The minimum Gasteiger partial charge on any atom is -0.508 e. The summed E-state index contributed by atoms with van der Waals surface area (Å²) in [5, 5.41) is 28.4. The van der Waals surface area contributed by atoms with E-state index in [1.807, 2.05) is 0 Å². The van der Waals surface area contributed by atoms with Crippen LogP contribution in [0.4, 0.5) is 0 Å². The van der Waals surface area contributed by atoms with E-state index in [-0.39, 0.29) is 39.6 Å². The molecule has 164 valence electrons. The summed E-state index contributed by atoms with van der Waals surface area (Å²) in [6.45, 7) is 7.52. The summed E-state index contributed by atoms with van der Waals surface area (Å²) >= 11 is 0. The van der Waals surface area contributed by atoms with Crippen molar-refractivity contribution >= 4 is 34.3 Å². The molecule has 0 fully saturated rings. The van der Waals surface area contributed by atoms with Gasteiger partial charge in [-0.3, -0.25) is 9.59 Å². The third-order valence-electron chi connectivity index (χ3n) is 4.97. The molecule has 0 unspecified atom stereocenters. The number of hydrogen-bond acceptors (Lipinski definition) is 5. The number of carboxylic acids is 1. The number of Topliss-reactive ketones (excluding diaryl/α,β-unsaturated/α-hetero) is 1. The molecular weight excluding hydrogens is 420 g/mol. The van der Waals surface area contributed by atoms with Gasteiger partial charge in [0.15, 0.2) is 11.6 Å². The molecule has 3 aromatic rings. The molecular formula is C27H20O6. The lowest BCUT2D eigenvalue weighted by atomic mass is 9.95. The Kier molecular flexibility index (Phi) is 6.69. The van der Waals surface area contributed by atoms with Gasteiger partial charge < -0.3 is 15.3 Å². The highest BCUT2D eigenvalue weighted by molar-refractivity contribution is 6.32. The largest absolute Gasteiger partial charge is 0.508 e. The second kappa shape index (κ2) is 9.62. The first-order valence-corrected chi connectivity index (χ1v) is 9.78. The Morgan fingerprint density at radius 3 is 1.45 bits per heavy atom. The SMILES string of the molecule is C=C(C(=O)C=C(C(=O)O)c1ccc(C(=O)C(=C)c2ccc(O)cc2)cc1)c1ccc(O)cc1. The molecule has 0 aromatic heterocycles. The summed E-state index contributed by atoms with van der Waals surface area (Å²) in [4.78, 5) is 37.1. The van der Waals surface area contributed by atoms with Crippen LogP contribution in [0.5, 0.6) is 11.5 Å². The molecule has 0 saturated carbocycles. The number of phenolic OH excluding ortho intramolecular Hbond substituents is 2. The molecule has 0 heterocycles. The van der Waals surface area contributed by atoms with Crippen molar-refractivity contribution in [2.24, 2.45) is 0 Å². The molecule has 0 radical (unpaired) electrons. The Balaban J connectivity index is 1.83. The molecule has 0 saturated heterocycles. The zero-order valence-electron chi connectivity index (χ0n) is 17.5. The van der Waals surface area contributed by atoms with Crippen LogP contribution in [-0.4, -0.2) is 32.9 Å². The molecule has 0 bridgehead atoms. The van der Waals surface area contributed by atoms with Crippen LogP contribution < -0.4 is 0 Å². The lowest BCUT2D eigenvalue weighted by molar-refractivity contribution is -0.130. The summed E-state index contributed by atoms with van der Waals surface area (Å²) in [5.74, 6) is -2.17. The van der Waals surface area contributed by atoms with Crippen molar-refractivity contribution in [2.75, 3.05) is 0 Å². The van der Waals surface area contributed by atoms with Gasteiger partial charge >= 0.3 is 5.97 Å². The number of hydrogen-bond donors (Lipinski definition) is 3. The first kappa shape index (κ1) is 23.0. The first-order chi connectivity index (χ1) is 15.7. The maximum atomic E-state index is 12.7. The summed E-state index contributed by atoms with van der Waals surface area (Å²) in [7, 11) is 0. The molecule has 0 aliphatic heterocycles. The van der Waals surface area contributed by atoms with Crippen LogP contribution in [0.3, 0.4) is 0 Å². The predicted molar refractivity (Wildman–Crippen MR) is 126 cm³/mol. The van der Waals surface area contributed by atoms with Gasteiger partial charge in [-0.1, -0.05) is 61.7 Å². The van der Waals surface area contributed by atoms with Crippen LogP contribution in [0.25, 0.3) is 16.7 Å². The minimum absolute atomic E-state index is 0.0310. The van der Waals surface area contributed by atoms with Crippen molar-refractivity contribution in [3.05, 3.63) is 114 Å². The second-order valence-electron chi connectivity index (χ2n) is 7.18. The van der Waals surface area contributed by atoms with Crippen molar-refractivity contribution in [1.29, 1.82) is 0 Å². The average Bonchev–Trinajstić information content (AvgIpc) is 2.82. The predicted octanol–water partition coefficient (Wildman–Crippen LogP) is 4.74. The van der Waals surface area contributed by atoms with E-state index in [9.17, 15) is 29.7 Å². The van der Waals surface area contributed by atoms with E-state index in [2.05, 4.69) is 13.2 Å². The molecule has 0 amide bonds. The van der Waals surface area contributed by atoms with Crippen LogP contribution in [-0.2, 0) is 9.59 Å². The summed E-state index contributed by atoms with van der Waals surface area (Å²) in [6, 6.07) is 17.6. The van der Waals surface area contributed by atoms with E-state index < -0.39 is 11.8 Å². The van der Waals surface area contributed by atoms with Gasteiger partial charge in [-0.05, 0) is 41.0 Å². The number of carbonyl (C=O) groups excluding carboxylic acids is 2. The summed E-state index contributed by atoms with van der Waals surface area (Å²) in [6.07, 6.45) is 0.976. The molecule has 0 aliphatic carbocycles. The lowest BCUT2D eigenvalue weighted by Crippen LogP contribution is -2.06. The minimum atomic E-state index is -1.31. The maximum absolute atomic E-state index is 12.7. The van der Waals surface area contributed by atoms with Crippen LogP contribution in [0, 0.1) is 0 Å². The van der Waals surface area contributed by atoms with Crippen LogP contribution in [0.15, 0.2) is 92.0 Å². The fourth-order valence-electron chi connectivity index (χ4n) is 3.06. The van der Waals surface area contributed by atoms with Gasteiger partial charge in [0, 0.05) is 22.8 Å². The van der Waals surface area contributed by atoms with Gasteiger partial charge in [0.25, 0.3) is 0 Å². The molecule has 33 heavy (non-hydrogen) atoms. The number of rotatable bonds is 8. The van der Waals surface area contributed by atoms with Crippen LogP contribution in [0.2, 0.25) is 0 Å². The molecule has 6 heteroatoms. The van der Waals surface area contributed by atoms with Crippen molar-refractivity contribution < 1.29 is 29.7 Å². The van der Waals surface area contributed by atoms with Crippen molar-refractivity contribution in [2.45, 2.75) is 0 Å². The molecule has 0 aliphatic rings. The number of ketones is 2. The third kappa shape index (κ3) is 5.32. The van der Waals surface area contributed by atoms with Gasteiger partial charge in [0.05, 0.1) is 5.57 Å². The Morgan fingerprint density at radius 1 is 0.606 bits per heavy atom. The fraction of sp³-hybridized carbons (Fsp3) is 0. The van der Waals surface area contributed by atoms with Gasteiger partial charge in [-0.2, -0.15) is 0 Å². The fourth-order valence-corrected chi connectivity index (χ4v) is 3.06. The van der Waals surface area contributed by atoms with Gasteiger partial charge in [-0.15, -0.1) is 0 Å². The van der Waals surface area contributed by atoms with E-state index in [0.29, 0.717) is 16.7 Å². The molecule has 0 atom stereocenters. The maximum Gasteiger partial charge on any atom is 0.336 e. The standard InChI is InChI=1S/C27H20O6/c1-16(18-7-11-22(28)12-8-18)25(30)15-24(27(32)33)20-3-5-21(6-4-20)26(31)17(2)19-9-13-23(29)14-10-19/h3-15,28-29H,1-2H2,(H,32,33). The zero-order chi connectivity index (χ0) is 24.1. The highest BCUT2D eigenvalue weighted by Gasteiger charge is 2.17. The molecule has 3 N–H and O–H groups in total. The second-order valence-corrected chi connectivity index (χ2v) is 7.18. The third-order valence-corrected chi connectivity index (χ3v) is 4.97. The number of carboxylic acid groups (broad SMARTS) is 1. The van der Waals surface area contributed by atoms with E-state index >= 15 is 0 Å². The lowest BCUT2D eigenvalue weighted by Gasteiger charge is -2.08. The van der Waals surface area contributed by atoms with Crippen molar-refractivity contribution in [3.8, 4) is 11.5 Å². The van der Waals surface area contributed by atoms with Crippen molar-refractivity contribution in [1.82, 2.24) is 0 Å².